The lowest BCUT2D eigenvalue weighted by atomic mass is 10.1. The molecule has 0 aliphatic rings. The van der Waals surface area contributed by atoms with Gasteiger partial charge in [-0.15, -0.1) is 0 Å². The van der Waals surface area contributed by atoms with Crippen LogP contribution in [-0.4, -0.2) is 19.0 Å². The molecule has 1 atom stereocenters. The molecule has 0 unspecified atom stereocenters. The zero-order valence-corrected chi connectivity index (χ0v) is 17.3. The second kappa shape index (κ2) is 9.85. The lowest BCUT2D eigenvalue weighted by Crippen LogP contribution is -2.26. The molecule has 0 spiro atoms. The van der Waals surface area contributed by atoms with Crippen molar-refractivity contribution in [2.75, 3.05) is 12.4 Å². The summed E-state index contributed by atoms with van der Waals surface area (Å²) in [5.41, 5.74) is 4.57. The maximum atomic E-state index is 13.1. The van der Waals surface area contributed by atoms with E-state index in [1.807, 2.05) is 38.1 Å². The Bertz CT molecular complexity index is 1010. The molecule has 0 bridgehead atoms. The molecule has 0 saturated heterocycles. The Balaban J connectivity index is 1.83. The highest BCUT2D eigenvalue weighted by molar-refractivity contribution is 5.98. The Morgan fingerprint density at radius 2 is 1.63 bits per heavy atom. The molecule has 0 radical (unpaired) electrons. The van der Waals surface area contributed by atoms with E-state index in [4.69, 9.17) is 9.47 Å². The number of methoxy groups -OCH3 is 1. The Morgan fingerprint density at radius 1 is 0.933 bits per heavy atom. The van der Waals surface area contributed by atoms with Gasteiger partial charge in [0.25, 0.3) is 5.91 Å². The third-order valence-corrected chi connectivity index (χ3v) is 4.72. The van der Waals surface area contributed by atoms with Crippen LogP contribution in [-0.2, 0) is 20.9 Å². The minimum absolute atomic E-state index is 0.371. The van der Waals surface area contributed by atoms with Gasteiger partial charge in [-0.1, -0.05) is 54.6 Å². The Hall–Kier alpha value is -3.44. The molecule has 0 aromatic heterocycles. The summed E-state index contributed by atoms with van der Waals surface area (Å²) in [4.78, 5) is 25.8. The fourth-order valence-electron chi connectivity index (χ4n) is 3.05. The van der Waals surface area contributed by atoms with Gasteiger partial charge in [0.05, 0.1) is 12.2 Å². The molecule has 30 heavy (non-hydrogen) atoms. The number of carbonyl (C=O) groups excluding carboxylic acids is 2. The van der Waals surface area contributed by atoms with Crippen LogP contribution in [0.4, 0.5) is 5.69 Å². The van der Waals surface area contributed by atoms with Crippen LogP contribution in [0.15, 0.2) is 72.8 Å². The molecule has 0 saturated carbocycles. The molecule has 0 heterocycles. The van der Waals surface area contributed by atoms with E-state index in [-0.39, 0.29) is 0 Å². The van der Waals surface area contributed by atoms with Gasteiger partial charge in [-0.05, 0) is 48.7 Å². The summed E-state index contributed by atoms with van der Waals surface area (Å²) < 4.78 is 10.7. The van der Waals surface area contributed by atoms with Gasteiger partial charge < -0.3 is 14.8 Å². The number of ether oxygens (including phenoxy) is 2. The van der Waals surface area contributed by atoms with Crippen LogP contribution < -0.4 is 5.32 Å². The molecular weight excluding hydrogens is 378 g/mol. The minimum Gasteiger partial charge on any atom is -0.444 e. The second-order valence-corrected chi connectivity index (χ2v) is 7.13. The highest BCUT2D eigenvalue weighted by Gasteiger charge is 2.26. The van der Waals surface area contributed by atoms with E-state index in [2.05, 4.69) is 5.32 Å². The first kappa shape index (κ1) is 21.3. The lowest BCUT2D eigenvalue weighted by Gasteiger charge is -2.19. The first-order valence-corrected chi connectivity index (χ1v) is 9.70. The van der Waals surface area contributed by atoms with E-state index >= 15 is 0 Å². The van der Waals surface area contributed by atoms with Crippen molar-refractivity contribution in [2.24, 2.45) is 0 Å². The number of carbonyl (C=O) groups is 2. The molecule has 3 rings (SSSR count). The molecular formula is C25H25NO4. The fraction of sp³-hybridized carbons (Fsp3) is 0.200. The van der Waals surface area contributed by atoms with E-state index in [0.717, 1.165) is 16.7 Å². The summed E-state index contributed by atoms with van der Waals surface area (Å²) in [6.45, 7) is 4.33. The third kappa shape index (κ3) is 5.33. The average molecular weight is 403 g/mol. The number of esters is 1. The van der Waals surface area contributed by atoms with Crippen molar-refractivity contribution in [3.63, 3.8) is 0 Å². The number of rotatable bonds is 7. The molecule has 0 aliphatic heterocycles. The van der Waals surface area contributed by atoms with Crippen LogP contribution in [0.25, 0.3) is 0 Å². The topological polar surface area (TPSA) is 64.6 Å². The molecule has 5 heteroatoms. The highest BCUT2D eigenvalue weighted by Crippen LogP contribution is 2.24. The van der Waals surface area contributed by atoms with E-state index in [9.17, 15) is 9.59 Å². The maximum Gasteiger partial charge on any atom is 0.339 e. The van der Waals surface area contributed by atoms with Crippen molar-refractivity contribution < 1.29 is 19.1 Å². The van der Waals surface area contributed by atoms with Crippen LogP contribution in [0.3, 0.4) is 0 Å². The van der Waals surface area contributed by atoms with E-state index in [1.165, 1.54) is 0 Å². The van der Waals surface area contributed by atoms with Crippen LogP contribution in [0.5, 0.6) is 0 Å². The highest BCUT2D eigenvalue weighted by atomic mass is 16.5. The van der Waals surface area contributed by atoms with Gasteiger partial charge in [-0.2, -0.15) is 0 Å². The summed E-state index contributed by atoms with van der Waals surface area (Å²) in [7, 11) is 1.61. The van der Waals surface area contributed by atoms with Gasteiger partial charge in [0, 0.05) is 18.4 Å². The van der Waals surface area contributed by atoms with Crippen molar-refractivity contribution in [1.82, 2.24) is 0 Å². The Morgan fingerprint density at radius 3 is 2.30 bits per heavy atom. The molecule has 1 amide bonds. The normalized spacial score (nSPS) is 11.6. The van der Waals surface area contributed by atoms with Crippen LogP contribution in [0.2, 0.25) is 0 Å². The number of nitrogens with one attached hydrogen (secondary N) is 1. The van der Waals surface area contributed by atoms with Crippen LogP contribution in [0.1, 0.15) is 38.7 Å². The lowest BCUT2D eigenvalue weighted by molar-refractivity contribution is -0.125. The number of hydrogen-bond acceptors (Lipinski definition) is 4. The smallest absolute Gasteiger partial charge is 0.339 e. The Kier molecular flexibility index (Phi) is 6.99. The largest absolute Gasteiger partial charge is 0.444 e. The van der Waals surface area contributed by atoms with Gasteiger partial charge in [-0.25, -0.2) is 4.79 Å². The number of benzene rings is 3. The predicted molar refractivity (Wildman–Crippen MR) is 116 cm³/mol. The van der Waals surface area contributed by atoms with Crippen molar-refractivity contribution in [3.8, 4) is 0 Å². The average Bonchev–Trinajstić information content (AvgIpc) is 2.75. The molecule has 154 valence electrons. The molecule has 5 nitrogen and oxygen atoms in total. The summed E-state index contributed by atoms with van der Waals surface area (Å²) in [6.07, 6.45) is -1.07. The first-order valence-electron chi connectivity index (χ1n) is 9.70. The number of hydrogen-bond donors (Lipinski definition) is 1. The molecule has 1 N–H and O–H groups in total. The third-order valence-electron chi connectivity index (χ3n) is 4.72. The van der Waals surface area contributed by atoms with Gasteiger partial charge in [-0.3, -0.25) is 4.79 Å². The van der Waals surface area contributed by atoms with Crippen molar-refractivity contribution in [1.29, 1.82) is 0 Å². The number of anilines is 1. The van der Waals surface area contributed by atoms with E-state index < -0.39 is 18.0 Å². The Labute approximate surface area is 176 Å². The zero-order chi connectivity index (χ0) is 21.5. The van der Waals surface area contributed by atoms with Crippen molar-refractivity contribution in [2.45, 2.75) is 26.6 Å². The van der Waals surface area contributed by atoms with Gasteiger partial charge in [0.15, 0.2) is 0 Å². The van der Waals surface area contributed by atoms with Crippen LogP contribution >= 0.6 is 0 Å². The summed E-state index contributed by atoms with van der Waals surface area (Å²) in [5, 5.41) is 2.90. The molecule has 3 aromatic rings. The SMILES string of the molecule is COCc1ccc(C(=O)O[C@H](C(=O)Nc2cc(C)ccc2C)c2ccccc2)cc1. The zero-order valence-electron chi connectivity index (χ0n) is 17.3. The van der Waals surface area contributed by atoms with Crippen LogP contribution in [0, 0.1) is 13.8 Å². The van der Waals surface area contributed by atoms with E-state index in [0.29, 0.717) is 23.4 Å². The van der Waals surface area contributed by atoms with E-state index in [1.54, 1.807) is 55.6 Å². The molecule has 3 aromatic carbocycles. The van der Waals surface area contributed by atoms with Gasteiger partial charge in [0.1, 0.15) is 0 Å². The fourth-order valence-corrected chi connectivity index (χ4v) is 3.05. The quantitative estimate of drug-likeness (QED) is 0.565. The summed E-state index contributed by atoms with van der Waals surface area (Å²) >= 11 is 0. The summed E-state index contributed by atoms with van der Waals surface area (Å²) in [5.74, 6) is -0.969. The molecule has 0 aliphatic carbocycles. The minimum atomic E-state index is -1.07. The second-order valence-electron chi connectivity index (χ2n) is 7.13. The van der Waals surface area contributed by atoms with Crippen molar-refractivity contribution in [3.05, 3.63) is 101 Å². The number of amides is 1. The summed E-state index contributed by atoms with van der Waals surface area (Å²) in [6, 6.07) is 21.7. The number of aryl methyl sites for hydroxylation is 2. The standard InChI is InChI=1S/C25H25NO4/c1-17-9-10-18(2)22(15-17)26-24(27)23(20-7-5-4-6-8-20)30-25(28)21-13-11-19(12-14-21)16-29-3/h4-15,23H,16H2,1-3H3,(H,26,27)/t23-/m0/s1. The van der Waals surface area contributed by atoms with Crippen molar-refractivity contribution >= 4 is 17.6 Å². The monoisotopic (exact) mass is 403 g/mol. The van der Waals surface area contributed by atoms with Gasteiger partial charge >= 0.3 is 5.97 Å². The first-order chi connectivity index (χ1) is 14.5. The molecule has 0 fully saturated rings. The maximum absolute atomic E-state index is 13.1. The predicted octanol–water partition coefficient (Wildman–Crippen LogP) is 4.99. The van der Waals surface area contributed by atoms with Gasteiger partial charge in [0.2, 0.25) is 6.10 Å².